The second kappa shape index (κ2) is 14.9. The van der Waals surface area contributed by atoms with Crippen LogP contribution >= 0.6 is 11.3 Å². The van der Waals surface area contributed by atoms with Crippen LogP contribution < -0.4 is 4.90 Å². The highest BCUT2D eigenvalue weighted by Gasteiger charge is 2.53. The summed E-state index contributed by atoms with van der Waals surface area (Å²) in [6.07, 6.45) is 0. The molecular weight excluding hydrogens is 903 g/mol. The van der Waals surface area contributed by atoms with Crippen LogP contribution in [0.3, 0.4) is 0 Å². The first-order chi connectivity index (χ1) is 36.0. The largest absolute Gasteiger partial charge is 0.454 e. The number of hydrogen-bond acceptors (Lipinski definition) is 3. The molecule has 2 heterocycles. The average molecular weight is 948 g/mol. The van der Waals surface area contributed by atoms with E-state index in [0.29, 0.717) is 0 Å². The molecule has 1 spiro atoms. The third-order valence-corrected chi connectivity index (χ3v) is 17.8. The summed E-state index contributed by atoms with van der Waals surface area (Å²) in [7, 11) is 0. The van der Waals surface area contributed by atoms with Crippen molar-refractivity contribution in [3.8, 4) is 55.6 Å². The molecule has 1 unspecified atom stereocenters. The molecule has 0 N–H and O–H groups in total. The van der Waals surface area contributed by atoms with E-state index in [0.717, 1.165) is 44.6 Å². The minimum absolute atomic E-state index is 0.172. The van der Waals surface area contributed by atoms with Crippen LogP contribution in [-0.2, 0) is 10.8 Å². The zero-order valence-electron chi connectivity index (χ0n) is 40.3. The van der Waals surface area contributed by atoms with Crippen molar-refractivity contribution in [2.45, 2.75) is 24.7 Å². The van der Waals surface area contributed by atoms with Crippen LogP contribution in [0.5, 0.6) is 0 Å². The number of rotatable bonds is 5. The van der Waals surface area contributed by atoms with Gasteiger partial charge in [0.05, 0.1) is 11.1 Å². The normalized spacial score (nSPS) is 15.4. The zero-order chi connectivity index (χ0) is 48.2. The molecule has 3 aliphatic carbocycles. The van der Waals surface area contributed by atoms with E-state index in [2.05, 4.69) is 255 Å². The van der Waals surface area contributed by atoms with Gasteiger partial charge in [0.2, 0.25) is 0 Å². The van der Waals surface area contributed by atoms with Gasteiger partial charge in [0.15, 0.2) is 5.58 Å². The van der Waals surface area contributed by atoms with Gasteiger partial charge in [-0.25, -0.2) is 0 Å². The Kier molecular flexibility index (Phi) is 8.35. The molecule has 11 aromatic carbocycles. The Hall–Kier alpha value is -8.76. The molecule has 0 saturated heterocycles. The summed E-state index contributed by atoms with van der Waals surface area (Å²) in [6.45, 7) is 4.72. The lowest BCUT2D eigenvalue weighted by Crippen LogP contribution is -2.25. The molecule has 0 amide bonds. The molecule has 0 saturated carbocycles. The monoisotopic (exact) mass is 947 g/mol. The van der Waals surface area contributed by atoms with Crippen LogP contribution in [0.15, 0.2) is 241 Å². The van der Waals surface area contributed by atoms with Crippen LogP contribution in [-0.4, -0.2) is 0 Å². The molecule has 0 aliphatic heterocycles. The Balaban J connectivity index is 0.948. The van der Waals surface area contributed by atoms with Crippen molar-refractivity contribution in [1.29, 1.82) is 0 Å². The predicted molar refractivity (Wildman–Crippen MR) is 306 cm³/mol. The fourth-order valence-electron chi connectivity index (χ4n) is 13.6. The first-order valence-electron chi connectivity index (χ1n) is 25.4. The van der Waals surface area contributed by atoms with Gasteiger partial charge < -0.3 is 9.32 Å². The fourth-order valence-corrected chi connectivity index (χ4v) is 14.7. The molecule has 2 nitrogen and oxygen atoms in total. The van der Waals surface area contributed by atoms with Gasteiger partial charge in [0, 0.05) is 47.7 Å². The summed E-state index contributed by atoms with van der Waals surface area (Å²) in [5, 5.41) is 4.90. The number of anilines is 3. The summed E-state index contributed by atoms with van der Waals surface area (Å²) in [5.74, 6) is 0. The molecule has 73 heavy (non-hydrogen) atoms. The average Bonchev–Trinajstić information content (AvgIpc) is 4.24. The Morgan fingerprint density at radius 2 is 0.959 bits per heavy atom. The molecule has 13 aromatic rings. The van der Waals surface area contributed by atoms with Crippen molar-refractivity contribution in [2.24, 2.45) is 0 Å². The highest BCUT2D eigenvalue weighted by Crippen LogP contribution is 2.66. The predicted octanol–water partition coefficient (Wildman–Crippen LogP) is 19.4. The van der Waals surface area contributed by atoms with Gasteiger partial charge in [0.1, 0.15) is 5.58 Å². The van der Waals surface area contributed by atoms with Gasteiger partial charge in [-0.1, -0.05) is 202 Å². The van der Waals surface area contributed by atoms with E-state index in [1.165, 1.54) is 104 Å². The number of nitrogens with zero attached hydrogens (tertiary/aromatic N) is 1. The SMILES string of the molecule is CC1(C)c2ccccc2-c2ccc(N(c3ccc(-c4ccccc4)cc3)c3ccc(-c4cccc5c4-c4ccccc4C54c5ccccc5-c5c4ccc4sc6ccccc6c54)c4c3oc3ccccc34)cc21. The number of benzene rings is 11. The van der Waals surface area contributed by atoms with Gasteiger partial charge in [-0.3, -0.25) is 0 Å². The zero-order valence-corrected chi connectivity index (χ0v) is 41.1. The number of fused-ring (bicyclic) bond motifs is 20. The van der Waals surface area contributed by atoms with Crippen molar-refractivity contribution < 1.29 is 4.42 Å². The molecule has 3 heteroatoms. The second-order valence-corrected chi connectivity index (χ2v) is 21.7. The molecule has 1 atom stereocenters. The van der Waals surface area contributed by atoms with E-state index in [1.54, 1.807) is 0 Å². The second-order valence-electron chi connectivity index (χ2n) is 20.6. The summed E-state index contributed by atoms with van der Waals surface area (Å²) >= 11 is 1.90. The minimum Gasteiger partial charge on any atom is -0.454 e. The molecular formula is C70H45NOS. The molecule has 16 rings (SSSR count). The summed E-state index contributed by atoms with van der Waals surface area (Å²) in [4.78, 5) is 2.42. The Bertz CT molecular complexity index is 4480. The third-order valence-electron chi connectivity index (χ3n) is 16.7. The first-order valence-corrected chi connectivity index (χ1v) is 26.2. The molecule has 0 bridgehead atoms. The maximum atomic E-state index is 7.25. The third kappa shape index (κ3) is 5.42. The van der Waals surface area contributed by atoms with Gasteiger partial charge >= 0.3 is 0 Å². The Morgan fingerprint density at radius 1 is 0.370 bits per heavy atom. The lowest BCUT2D eigenvalue weighted by atomic mass is 9.70. The summed E-state index contributed by atoms with van der Waals surface area (Å²) < 4.78 is 9.91. The number of para-hydroxylation sites is 1. The van der Waals surface area contributed by atoms with Crippen molar-refractivity contribution in [2.75, 3.05) is 4.90 Å². The van der Waals surface area contributed by atoms with Crippen LogP contribution in [0.4, 0.5) is 17.1 Å². The van der Waals surface area contributed by atoms with Gasteiger partial charge in [0.25, 0.3) is 0 Å². The van der Waals surface area contributed by atoms with Crippen molar-refractivity contribution >= 4 is 70.5 Å². The molecule has 2 aromatic heterocycles. The van der Waals surface area contributed by atoms with E-state index in [9.17, 15) is 0 Å². The quantitative estimate of drug-likeness (QED) is 0.171. The summed E-state index contributed by atoms with van der Waals surface area (Å²) in [6, 6.07) is 88.2. The van der Waals surface area contributed by atoms with Crippen molar-refractivity contribution in [3.63, 3.8) is 0 Å². The highest BCUT2D eigenvalue weighted by molar-refractivity contribution is 7.26. The van der Waals surface area contributed by atoms with E-state index >= 15 is 0 Å². The van der Waals surface area contributed by atoms with Crippen LogP contribution in [0, 0.1) is 0 Å². The summed E-state index contributed by atoms with van der Waals surface area (Å²) in [5.41, 5.74) is 24.8. The van der Waals surface area contributed by atoms with E-state index in [-0.39, 0.29) is 5.41 Å². The van der Waals surface area contributed by atoms with Gasteiger partial charge in [-0.2, -0.15) is 0 Å². The van der Waals surface area contributed by atoms with Crippen LogP contribution in [0.1, 0.15) is 47.2 Å². The highest BCUT2D eigenvalue weighted by atomic mass is 32.1. The molecule has 342 valence electrons. The number of thiophene rings is 1. The standard InChI is InChI=1S/C70H45NOS/c1-69(2)54-25-11-6-19-46(54)47-36-35-45(41-59(47)69)71(44-33-31-43(32-34-44)42-17-4-3-5-18-42)60-39-37-49(65-52-22-9-14-29-61(52)72-68(60)65)48-24-16-28-57-64(48)50-20-7-12-26-55(50)70(57)56-27-13-8-21-51(56)66-58(70)38-40-63-67(66)53-23-10-15-30-62(53)73-63/h3-41H,1-2H3. The minimum atomic E-state index is -0.508. The molecule has 0 radical (unpaired) electrons. The maximum Gasteiger partial charge on any atom is 0.160 e. The first kappa shape index (κ1) is 40.9. The van der Waals surface area contributed by atoms with Gasteiger partial charge in [-0.05, 0) is 138 Å². The fraction of sp³-hybridized carbons (Fsp3) is 0.0571. The van der Waals surface area contributed by atoms with Gasteiger partial charge in [-0.15, -0.1) is 11.3 Å². The lowest BCUT2D eigenvalue weighted by molar-refractivity contribution is 0.660. The maximum absolute atomic E-state index is 7.25. The Labute approximate surface area is 427 Å². The molecule has 3 aliphatic rings. The van der Waals surface area contributed by atoms with Crippen LogP contribution in [0.2, 0.25) is 0 Å². The van der Waals surface area contributed by atoms with E-state index < -0.39 is 5.41 Å². The number of furan rings is 1. The smallest absolute Gasteiger partial charge is 0.160 e. The van der Waals surface area contributed by atoms with E-state index in [1.807, 2.05) is 11.3 Å². The van der Waals surface area contributed by atoms with E-state index in [4.69, 9.17) is 4.42 Å². The Morgan fingerprint density at radius 3 is 1.77 bits per heavy atom. The van der Waals surface area contributed by atoms with Crippen molar-refractivity contribution in [3.05, 3.63) is 270 Å². The number of hydrogen-bond donors (Lipinski definition) is 0. The van der Waals surface area contributed by atoms with Crippen molar-refractivity contribution in [1.82, 2.24) is 0 Å². The lowest BCUT2D eigenvalue weighted by Gasteiger charge is -2.30. The van der Waals surface area contributed by atoms with Crippen LogP contribution in [0.25, 0.3) is 97.7 Å². The molecule has 0 fully saturated rings. The topological polar surface area (TPSA) is 16.4 Å².